The van der Waals surface area contributed by atoms with E-state index in [-0.39, 0.29) is 0 Å². The number of aromatic nitrogens is 3. The van der Waals surface area contributed by atoms with Crippen molar-refractivity contribution in [3.05, 3.63) is 76.3 Å². The molecule has 0 radical (unpaired) electrons. The average Bonchev–Trinajstić information content (AvgIpc) is 3.02. The van der Waals surface area contributed by atoms with E-state index in [4.69, 9.17) is 16.6 Å². The van der Waals surface area contributed by atoms with Crippen LogP contribution in [-0.2, 0) is 13.0 Å². The molecule has 0 N–H and O–H groups in total. The van der Waals surface area contributed by atoms with E-state index in [1.54, 1.807) is 0 Å². The van der Waals surface area contributed by atoms with Crippen LogP contribution in [0.1, 0.15) is 36.1 Å². The normalized spacial score (nSPS) is 14.2. The van der Waals surface area contributed by atoms with Gasteiger partial charge in [-0.3, -0.25) is 9.56 Å². The van der Waals surface area contributed by atoms with Gasteiger partial charge in [-0.15, -0.1) is 10.2 Å². The summed E-state index contributed by atoms with van der Waals surface area (Å²) in [5.74, 6) is 1.82. The SMILES string of the molecule is CCC(Cc1nnc2n1-c1ccc(Cl)cc1C(c1ccccc1)=NC2)N(C)C. The van der Waals surface area contributed by atoms with Gasteiger partial charge in [0.2, 0.25) is 0 Å². The van der Waals surface area contributed by atoms with Gasteiger partial charge in [-0.1, -0.05) is 48.9 Å². The van der Waals surface area contributed by atoms with Crippen molar-refractivity contribution in [3.8, 4) is 5.69 Å². The van der Waals surface area contributed by atoms with Gasteiger partial charge in [0.05, 0.1) is 11.4 Å². The molecule has 1 aliphatic heterocycles. The Morgan fingerprint density at radius 3 is 2.61 bits per heavy atom. The summed E-state index contributed by atoms with van der Waals surface area (Å²) in [4.78, 5) is 7.13. The summed E-state index contributed by atoms with van der Waals surface area (Å²) in [6.45, 7) is 2.69. The first-order chi connectivity index (χ1) is 13.6. The number of benzene rings is 2. The van der Waals surface area contributed by atoms with E-state index in [2.05, 4.69) is 58.9 Å². The van der Waals surface area contributed by atoms with Gasteiger partial charge in [-0.05, 0) is 38.7 Å². The third-order valence-corrected chi connectivity index (χ3v) is 5.53. The van der Waals surface area contributed by atoms with Gasteiger partial charge >= 0.3 is 0 Å². The molecule has 1 aliphatic rings. The number of fused-ring (bicyclic) bond motifs is 3. The van der Waals surface area contributed by atoms with Crippen molar-refractivity contribution in [1.29, 1.82) is 0 Å². The van der Waals surface area contributed by atoms with Gasteiger partial charge in [0, 0.05) is 28.6 Å². The zero-order valence-corrected chi connectivity index (χ0v) is 17.2. The lowest BCUT2D eigenvalue weighted by atomic mass is 10.0. The van der Waals surface area contributed by atoms with E-state index in [1.165, 1.54) is 0 Å². The number of nitrogens with zero attached hydrogens (tertiary/aromatic N) is 5. The predicted molar refractivity (Wildman–Crippen MR) is 114 cm³/mol. The monoisotopic (exact) mass is 393 g/mol. The Morgan fingerprint density at radius 2 is 1.89 bits per heavy atom. The van der Waals surface area contributed by atoms with E-state index >= 15 is 0 Å². The highest BCUT2D eigenvalue weighted by Gasteiger charge is 2.24. The number of halogens is 1. The molecule has 144 valence electrons. The van der Waals surface area contributed by atoms with Crippen LogP contribution in [0.4, 0.5) is 0 Å². The molecule has 1 atom stereocenters. The van der Waals surface area contributed by atoms with Crippen molar-refractivity contribution in [3.63, 3.8) is 0 Å². The van der Waals surface area contributed by atoms with E-state index < -0.39 is 0 Å². The second-order valence-corrected chi connectivity index (χ2v) is 7.73. The van der Waals surface area contributed by atoms with Gasteiger partial charge in [0.25, 0.3) is 0 Å². The third kappa shape index (κ3) is 3.48. The van der Waals surface area contributed by atoms with Crippen molar-refractivity contribution in [2.24, 2.45) is 4.99 Å². The minimum Gasteiger partial charge on any atom is -0.306 e. The third-order valence-electron chi connectivity index (χ3n) is 5.30. The molecule has 1 unspecified atom stereocenters. The number of aliphatic imine (C=N–C) groups is 1. The molecule has 0 amide bonds. The molecule has 2 heterocycles. The summed E-state index contributed by atoms with van der Waals surface area (Å²) < 4.78 is 2.16. The molecule has 5 nitrogen and oxygen atoms in total. The molecule has 0 saturated carbocycles. The van der Waals surface area contributed by atoms with Crippen LogP contribution in [0.2, 0.25) is 5.02 Å². The van der Waals surface area contributed by atoms with Crippen LogP contribution in [0.25, 0.3) is 5.69 Å². The number of rotatable bonds is 5. The molecular formula is C22H24ClN5. The van der Waals surface area contributed by atoms with Crippen molar-refractivity contribution in [2.75, 3.05) is 14.1 Å². The maximum Gasteiger partial charge on any atom is 0.159 e. The highest BCUT2D eigenvalue weighted by atomic mass is 35.5. The summed E-state index contributed by atoms with van der Waals surface area (Å²) in [6.07, 6.45) is 1.88. The number of hydrogen-bond acceptors (Lipinski definition) is 4. The molecule has 0 aliphatic carbocycles. The fourth-order valence-electron chi connectivity index (χ4n) is 3.74. The van der Waals surface area contributed by atoms with E-state index in [0.29, 0.717) is 17.6 Å². The van der Waals surface area contributed by atoms with Crippen LogP contribution in [0, 0.1) is 0 Å². The Balaban J connectivity index is 1.85. The highest BCUT2D eigenvalue weighted by molar-refractivity contribution is 6.31. The van der Waals surface area contributed by atoms with Crippen molar-refractivity contribution in [1.82, 2.24) is 19.7 Å². The fourth-order valence-corrected chi connectivity index (χ4v) is 3.91. The van der Waals surface area contributed by atoms with Crippen LogP contribution in [-0.4, -0.2) is 45.5 Å². The molecule has 0 bridgehead atoms. The molecule has 4 rings (SSSR count). The molecule has 0 fully saturated rings. The Kier molecular flexibility index (Phi) is 5.29. The van der Waals surface area contributed by atoms with Gasteiger partial charge < -0.3 is 4.90 Å². The summed E-state index contributed by atoms with van der Waals surface area (Å²) in [5, 5.41) is 9.67. The van der Waals surface area contributed by atoms with Crippen LogP contribution >= 0.6 is 11.6 Å². The molecule has 28 heavy (non-hydrogen) atoms. The number of likely N-dealkylation sites (N-methyl/N-ethyl adjacent to an activating group) is 1. The topological polar surface area (TPSA) is 46.3 Å². The Hall–Kier alpha value is -2.50. The maximum absolute atomic E-state index is 6.37. The minimum absolute atomic E-state index is 0.404. The van der Waals surface area contributed by atoms with Crippen LogP contribution < -0.4 is 0 Å². The summed E-state index contributed by atoms with van der Waals surface area (Å²) in [6, 6.07) is 16.6. The standard InChI is InChI=1S/C22H24ClN5/c1-4-17(27(2)3)13-20-25-26-21-14-24-22(15-8-6-5-7-9-15)18-12-16(23)10-11-19(18)28(20)21/h5-12,17H,4,13-14H2,1-3H3. The predicted octanol–water partition coefficient (Wildman–Crippen LogP) is 4.15. The second-order valence-electron chi connectivity index (χ2n) is 7.29. The van der Waals surface area contributed by atoms with Gasteiger partial charge in [0.15, 0.2) is 5.82 Å². The molecule has 2 aromatic carbocycles. The summed E-state index contributed by atoms with van der Waals surface area (Å²) in [7, 11) is 4.22. The zero-order chi connectivity index (χ0) is 19.7. The lowest BCUT2D eigenvalue weighted by molar-refractivity contribution is 0.280. The molecule has 3 aromatic rings. The van der Waals surface area contributed by atoms with Crippen LogP contribution in [0.5, 0.6) is 0 Å². The fraction of sp³-hybridized carbons (Fsp3) is 0.318. The Bertz CT molecular complexity index is 1010. The summed E-state index contributed by atoms with van der Waals surface area (Å²) >= 11 is 6.37. The first-order valence-electron chi connectivity index (χ1n) is 9.58. The molecule has 6 heteroatoms. The zero-order valence-electron chi connectivity index (χ0n) is 16.4. The van der Waals surface area contributed by atoms with Crippen molar-refractivity contribution in [2.45, 2.75) is 32.4 Å². The molecule has 0 spiro atoms. The van der Waals surface area contributed by atoms with Crippen molar-refractivity contribution >= 4 is 17.3 Å². The smallest absolute Gasteiger partial charge is 0.159 e. The first kappa shape index (κ1) is 18.8. The number of hydrogen-bond donors (Lipinski definition) is 0. The molecular weight excluding hydrogens is 370 g/mol. The molecule has 1 aromatic heterocycles. The maximum atomic E-state index is 6.37. The second kappa shape index (κ2) is 7.86. The molecule has 0 saturated heterocycles. The van der Waals surface area contributed by atoms with Gasteiger partial charge in [-0.2, -0.15) is 0 Å². The first-order valence-corrected chi connectivity index (χ1v) is 9.96. The largest absolute Gasteiger partial charge is 0.306 e. The lowest BCUT2D eigenvalue weighted by Gasteiger charge is -2.23. The minimum atomic E-state index is 0.404. The van der Waals surface area contributed by atoms with E-state index in [0.717, 1.165) is 47.0 Å². The lowest BCUT2D eigenvalue weighted by Crippen LogP contribution is -2.30. The van der Waals surface area contributed by atoms with Crippen LogP contribution in [0.15, 0.2) is 53.5 Å². The Labute approximate surface area is 170 Å². The van der Waals surface area contributed by atoms with E-state index in [9.17, 15) is 0 Å². The Morgan fingerprint density at radius 1 is 1.11 bits per heavy atom. The van der Waals surface area contributed by atoms with Gasteiger partial charge in [-0.25, -0.2) is 0 Å². The van der Waals surface area contributed by atoms with Crippen LogP contribution in [0.3, 0.4) is 0 Å². The summed E-state index contributed by atoms with van der Waals surface area (Å²) in [5.41, 5.74) is 4.06. The quantitative estimate of drug-likeness (QED) is 0.654. The van der Waals surface area contributed by atoms with Gasteiger partial charge in [0.1, 0.15) is 12.4 Å². The average molecular weight is 394 g/mol. The van der Waals surface area contributed by atoms with Crippen molar-refractivity contribution < 1.29 is 0 Å². The highest BCUT2D eigenvalue weighted by Crippen LogP contribution is 2.28. The van der Waals surface area contributed by atoms with E-state index in [1.807, 2.05) is 30.3 Å².